The first kappa shape index (κ1) is 40.9. The third kappa shape index (κ3) is 8.53. The van der Waals surface area contributed by atoms with Crippen molar-refractivity contribution in [3.8, 4) is 0 Å². The van der Waals surface area contributed by atoms with Gasteiger partial charge in [-0.2, -0.15) is 0 Å². The highest BCUT2D eigenvalue weighted by Gasteiger charge is 2.53. The number of ketones is 1. The first-order chi connectivity index (χ1) is 25.4. The number of allylic oxidation sites excluding steroid dienone is 4. The van der Waals surface area contributed by atoms with E-state index in [-0.39, 0.29) is 96.8 Å². The molecule has 3 aliphatic heterocycles. The minimum absolute atomic E-state index is 0.0364. The smallest absolute Gasteiger partial charge is 0.306 e. The number of hydrogen-bond acceptors (Lipinski definition) is 11. The maximum absolute atomic E-state index is 14.7. The van der Waals surface area contributed by atoms with Crippen LogP contribution in [-0.2, 0) is 47.5 Å². The second-order valence-electron chi connectivity index (χ2n) is 17.0. The molecule has 6 rings (SSSR count). The molecular formula is C42H67NO10. The van der Waals surface area contributed by atoms with E-state index in [0.29, 0.717) is 18.4 Å². The van der Waals surface area contributed by atoms with E-state index in [4.69, 9.17) is 37.9 Å². The number of esters is 1. The Bertz CT molecular complexity index is 1330. The fourth-order valence-electron chi connectivity index (χ4n) is 10.8. The monoisotopic (exact) mass is 745 g/mol. The van der Waals surface area contributed by atoms with Crippen LogP contribution in [0.3, 0.4) is 0 Å². The molecule has 0 aromatic rings. The Morgan fingerprint density at radius 3 is 2.21 bits per heavy atom. The molecule has 11 heteroatoms. The summed E-state index contributed by atoms with van der Waals surface area (Å²) in [5.41, 5.74) is 2.07. The van der Waals surface area contributed by atoms with Gasteiger partial charge in [-0.25, -0.2) is 0 Å². The Hall–Kier alpha value is -1.70. The van der Waals surface area contributed by atoms with E-state index in [1.54, 1.807) is 21.3 Å². The molecule has 0 aromatic heterocycles. The number of fused-ring (bicyclic) bond motifs is 5. The predicted molar refractivity (Wildman–Crippen MR) is 199 cm³/mol. The Morgan fingerprint density at radius 2 is 1.55 bits per heavy atom. The molecule has 3 heterocycles. The number of ether oxygens (including phenoxy) is 8. The first-order valence-corrected chi connectivity index (χ1v) is 20.4. The van der Waals surface area contributed by atoms with Crippen molar-refractivity contribution < 1.29 is 47.5 Å². The standard InChI is InChI=1S/C42H67NO10/c1-11-26-13-12-14-35(53-37-16-15-34(43(6)7)24(4)49-37)23(3)38(45)33-20-31-29(32(33)21-36(44)51-26)17-22(2)28-18-27(19-30(28)31)52-42-41(48-10)40(47-9)39(46-8)25(5)50-42/h17,20,23-32,34-35,37,39-42H,11-16,18-19,21H2,1-10H3/t23-,24+,25-,26+,27-,28+,29-,30-,31-,32+,34+,35+,37-,39+,40-,41+,42-/m1/s1. The number of carbonyl (C=O) groups is 2. The molecule has 11 nitrogen and oxygen atoms in total. The maximum atomic E-state index is 14.7. The van der Waals surface area contributed by atoms with E-state index >= 15 is 0 Å². The zero-order valence-electron chi connectivity index (χ0n) is 33.9. The number of Topliss-reactive ketones (excluding diaryl/α,β-unsaturated/α-hetero) is 1. The summed E-state index contributed by atoms with van der Waals surface area (Å²) in [6.07, 6.45) is 8.58. The molecular weight excluding hydrogens is 678 g/mol. The van der Waals surface area contributed by atoms with Crippen molar-refractivity contribution in [1.82, 2.24) is 4.90 Å². The predicted octanol–water partition coefficient (Wildman–Crippen LogP) is 5.88. The number of methoxy groups -OCH3 is 3. The van der Waals surface area contributed by atoms with Crippen LogP contribution in [0.25, 0.3) is 0 Å². The topological polar surface area (TPSA) is 111 Å². The largest absolute Gasteiger partial charge is 0.462 e. The summed E-state index contributed by atoms with van der Waals surface area (Å²) in [7, 11) is 9.16. The van der Waals surface area contributed by atoms with E-state index in [1.165, 1.54) is 5.57 Å². The SMILES string of the molecule is CC[C@H]1CCC[C@H](O[C@@H]2CC[C@H](N(C)C)[C@H](C)O2)[C@@H](C)C(=O)C2=C[C@@H]3[C@@H](C=C(C)[C@@H]4C[C@@H](O[C@H]5O[C@H](C)[C@H](OC)[C@@H](OC)[C@@H]5OC)C[C@@H]34)[C@@H]2CC(=O)O1. The average Bonchev–Trinajstić information content (AvgIpc) is 3.71. The van der Waals surface area contributed by atoms with Crippen LogP contribution in [0.5, 0.6) is 0 Å². The van der Waals surface area contributed by atoms with E-state index in [2.05, 4.69) is 51.9 Å². The van der Waals surface area contributed by atoms with Gasteiger partial charge in [-0.05, 0) is 115 Å². The molecule has 0 amide bonds. The molecule has 1 saturated carbocycles. The van der Waals surface area contributed by atoms with Gasteiger partial charge in [0.05, 0.1) is 30.8 Å². The van der Waals surface area contributed by atoms with Crippen LogP contribution in [0, 0.1) is 35.5 Å². The van der Waals surface area contributed by atoms with Crippen LogP contribution in [0.15, 0.2) is 23.3 Å². The van der Waals surface area contributed by atoms with Gasteiger partial charge in [-0.15, -0.1) is 0 Å². The molecule has 0 unspecified atom stereocenters. The summed E-state index contributed by atoms with van der Waals surface area (Å²) in [4.78, 5) is 30.5. The van der Waals surface area contributed by atoms with Crippen molar-refractivity contribution in [3.63, 3.8) is 0 Å². The Kier molecular flexibility index (Phi) is 13.6. The molecule has 0 radical (unpaired) electrons. The van der Waals surface area contributed by atoms with E-state index in [1.807, 2.05) is 13.8 Å². The maximum Gasteiger partial charge on any atom is 0.306 e. The molecule has 0 spiro atoms. The minimum Gasteiger partial charge on any atom is -0.462 e. The molecule has 300 valence electrons. The lowest BCUT2D eigenvalue weighted by atomic mass is 9.67. The number of rotatable bonds is 9. The zero-order valence-corrected chi connectivity index (χ0v) is 33.9. The lowest BCUT2D eigenvalue weighted by Gasteiger charge is -2.44. The van der Waals surface area contributed by atoms with Gasteiger partial charge in [-0.3, -0.25) is 9.59 Å². The second-order valence-corrected chi connectivity index (χ2v) is 17.0. The quantitative estimate of drug-likeness (QED) is 0.209. The van der Waals surface area contributed by atoms with Crippen LogP contribution in [0.1, 0.15) is 92.4 Å². The van der Waals surface area contributed by atoms with Crippen molar-refractivity contribution >= 4 is 11.8 Å². The third-order valence-corrected chi connectivity index (χ3v) is 13.7. The highest BCUT2D eigenvalue weighted by atomic mass is 16.7. The van der Waals surface area contributed by atoms with Crippen molar-refractivity contribution in [1.29, 1.82) is 0 Å². The summed E-state index contributed by atoms with van der Waals surface area (Å²) < 4.78 is 49.8. The number of likely N-dealkylation sites (N-methyl/N-ethyl adjacent to an activating group) is 1. The minimum atomic E-state index is -0.598. The lowest BCUT2D eigenvalue weighted by molar-refractivity contribution is -0.314. The fraction of sp³-hybridized carbons (Fsp3) is 0.857. The van der Waals surface area contributed by atoms with Crippen LogP contribution >= 0.6 is 0 Å². The van der Waals surface area contributed by atoms with E-state index in [9.17, 15) is 9.59 Å². The van der Waals surface area contributed by atoms with Gasteiger partial charge in [0.1, 0.15) is 24.4 Å². The van der Waals surface area contributed by atoms with Crippen LogP contribution in [0.2, 0.25) is 0 Å². The molecule has 4 fully saturated rings. The molecule has 3 aliphatic carbocycles. The van der Waals surface area contributed by atoms with Gasteiger partial charge in [0.25, 0.3) is 0 Å². The van der Waals surface area contributed by atoms with Gasteiger partial charge in [0.15, 0.2) is 18.4 Å². The van der Waals surface area contributed by atoms with Gasteiger partial charge in [-0.1, -0.05) is 31.6 Å². The fourth-order valence-corrected chi connectivity index (χ4v) is 10.8. The van der Waals surface area contributed by atoms with Gasteiger partial charge < -0.3 is 42.8 Å². The van der Waals surface area contributed by atoms with E-state index < -0.39 is 12.4 Å². The van der Waals surface area contributed by atoms with Gasteiger partial charge in [0, 0.05) is 39.2 Å². The van der Waals surface area contributed by atoms with Crippen molar-refractivity contribution in [2.45, 2.75) is 160 Å². The van der Waals surface area contributed by atoms with Crippen LogP contribution in [-0.4, -0.2) is 120 Å². The molecule has 3 saturated heterocycles. The van der Waals surface area contributed by atoms with Crippen LogP contribution < -0.4 is 0 Å². The lowest BCUT2D eigenvalue weighted by Crippen LogP contribution is -2.59. The summed E-state index contributed by atoms with van der Waals surface area (Å²) >= 11 is 0. The zero-order chi connectivity index (χ0) is 38.1. The Balaban J connectivity index is 1.23. The van der Waals surface area contributed by atoms with Crippen molar-refractivity contribution in [2.75, 3.05) is 35.4 Å². The molecule has 53 heavy (non-hydrogen) atoms. The highest BCUT2D eigenvalue weighted by molar-refractivity contribution is 5.99. The molecule has 0 aromatic carbocycles. The summed E-state index contributed by atoms with van der Waals surface area (Å²) in [6.45, 7) is 10.4. The number of carbonyl (C=O) groups excluding carboxylic acids is 2. The highest BCUT2D eigenvalue weighted by Crippen LogP contribution is 2.56. The van der Waals surface area contributed by atoms with Crippen molar-refractivity contribution in [2.24, 2.45) is 35.5 Å². The number of cyclic esters (lactones) is 1. The normalized spacial score (nSPS) is 45.3. The Morgan fingerprint density at radius 1 is 0.811 bits per heavy atom. The number of hydrogen-bond donors (Lipinski definition) is 0. The first-order valence-electron chi connectivity index (χ1n) is 20.4. The van der Waals surface area contributed by atoms with Gasteiger partial charge >= 0.3 is 5.97 Å². The van der Waals surface area contributed by atoms with Crippen LogP contribution in [0.4, 0.5) is 0 Å². The van der Waals surface area contributed by atoms with E-state index in [0.717, 1.165) is 50.5 Å². The third-order valence-electron chi connectivity index (χ3n) is 13.7. The van der Waals surface area contributed by atoms with Gasteiger partial charge in [0.2, 0.25) is 0 Å². The van der Waals surface area contributed by atoms with Crippen molar-refractivity contribution in [3.05, 3.63) is 23.3 Å². The second kappa shape index (κ2) is 17.6. The average molecular weight is 746 g/mol. The summed E-state index contributed by atoms with van der Waals surface area (Å²) in [5.74, 6) is 0.00947. The summed E-state index contributed by atoms with van der Waals surface area (Å²) in [6, 6.07) is 0.337. The number of nitrogens with zero attached hydrogens (tertiary/aromatic N) is 1. The molecule has 6 aliphatic rings. The molecule has 0 N–H and O–H groups in total. The molecule has 0 bridgehead atoms. The summed E-state index contributed by atoms with van der Waals surface area (Å²) in [5, 5.41) is 0. The molecule has 17 atom stereocenters. The Labute approximate surface area is 317 Å².